The van der Waals surface area contributed by atoms with Crippen LogP contribution in [0.4, 0.5) is 10.1 Å². The van der Waals surface area contributed by atoms with Crippen LogP contribution in [-0.4, -0.2) is 26.2 Å². The van der Waals surface area contributed by atoms with Crippen molar-refractivity contribution in [3.05, 3.63) is 54.3 Å². The van der Waals surface area contributed by atoms with E-state index in [4.69, 9.17) is 15.2 Å². The molecule has 2 rings (SSSR count). The highest BCUT2D eigenvalue weighted by atomic mass is 19.1. The van der Waals surface area contributed by atoms with Crippen LogP contribution in [0.3, 0.4) is 0 Å². The van der Waals surface area contributed by atoms with Gasteiger partial charge >= 0.3 is 0 Å². The smallest absolute Gasteiger partial charge is 0.193 e. The fraction of sp³-hybridized carbons (Fsp3) is 0.235. The number of hydrogen-bond donors (Lipinski definition) is 2. The molecule has 5 nitrogen and oxygen atoms in total. The minimum absolute atomic E-state index is 0.278. The number of rotatable bonds is 7. The van der Waals surface area contributed by atoms with E-state index < -0.39 is 0 Å². The van der Waals surface area contributed by atoms with Gasteiger partial charge in [-0.2, -0.15) is 0 Å². The third kappa shape index (κ3) is 5.86. The number of nitrogens with one attached hydrogen (secondary N) is 1. The first-order chi connectivity index (χ1) is 11.2. The molecule has 6 heteroatoms. The maximum Gasteiger partial charge on any atom is 0.193 e. The lowest BCUT2D eigenvalue weighted by Gasteiger charge is -2.07. The van der Waals surface area contributed by atoms with Crippen molar-refractivity contribution in [1.29, 1.82) is 0 Å². The van der Waals surface area contributed by atoms with Crippen molar-refractivity contribution in [2.24, 2.45) is 10.7 Å². The zero-order valence-electron chi connectivity index (χ0n) is 13.0. The summed E-state index contributed by atoms with van der Waals surface area (Å²) < 4.78 is 23.3. The van der Waals surface area contributed by atoms with Gasteiger partial charge in [0, 0.05) is 18.7 Å². The first-order valence-corrected chi connectivity index (χ1v) is 7.27. The van der Waals surface area contributed by atoms with E-state index in [-0.39, 0.29) is 5.82 Å². The fourth-order valence-corrected chi connectivity index (χ4v) is 1.85. The Hall–Kier alpha value is -2.76. The Labute approximate surface area is 134 Å². The summed E-state index contributed by atoms with van der Waals surface area (Å²) in [5, 5.41) is 3.00. The molecule has 0 aliphatic carbocycles. The molecule has 0 radical (unpaired) electrons. The van der Waals surface area contributed by atoms with Gasteiger partial charge in [-0.25, -0.2) is 4.39 Å². The van der Waals surface area contributed by atoms with Crippen LogP contribution in [0.25, 0.3) is 0 Å². The van der Waals surface area contributed by atoms with E-state index in [1.165, 1.54) is 12.1 Å². The van der Waals surface area contributed by atoms with Gasteiger partial charge in [0.2, 0.25) is 0 Å². The number of anilines is 1. The normalized spacial score (nSPS) is 11.1. The molecule has 0 spiro atoms. The first kappa shape index (κ1) is 16.6. The van der Waals surface area contributed by atoms with E-state index in [2.05, 4.69) is 10.3 Å². The molecule has 0 unspecified atom stereocenters. The molecule has 0 aliphatic heterocycles. The summed E-state index contributed by atoms with van der Waals surface area (Å²) in [6, 6.07) is 13.3. The van der Waals surface area contributed by atoms with Gasteiger partial charge in [0.1, 0.15) is 17.3 Å². The lowest BCUT2D eigenvalue weighted by molar-refractivity contribution is 0.313. The molecule has 0 bridgehead atoms. The average molecular weight is 317 g/mol. The van der Waals surface area contributed by atoms with Crippen LogP contribution in [-0.2, 0) is 0 Å². The lowest BCUT2D eigenvalue weighted by atomic mass is 10.3. The molecule has 0 saturated heterocycles. The molecule has 2 aromatic rings. The second kappa shape index (κ2) is 8.63. The van der Waals surface area contributed by atoms with Gasteiger partial charge in [-0.15, -0.1) is 0 Å². The molecular weight excluding hydrogens is 297 g/mol. The predicted octanol–water partition coefficient (Wildman–Crippen LogP) is 3.03. The van der Waals surface area contributed by atoms with E-state index in [0.29, 0.717) is 31.3 Å². The molecule has 0 atom stereocenters. The molecule has 0 aromatic heterocycles. The second-order valence-electron chi connectivity index (χ2n) is 4.78. The van der Waals surface area contributed by atoms with Gasteiger partial charge in [-0.05, 0) is 48.5 Å². The van der Waals surface area contributed by atoms with E-state index in [1.54, 1.807) is 19.2 Å². The van der Waals surface area contributed by atoms with Crippen molar-refractivity contribution in [2.75, 3.05) is 25.6 Å². The summed E-state index contributed by atoms with van der Waals surface area (Å²) in [6.07, 6.45) is 0.711. The number of nitrogens with zero attached hydrogens (tertiary/aromatic N) is 1. The monoisotopic (exact) mass is 317 g/mol. The average Bonchev–Trinajstić information content (AvgIpc) is 2.57. The maximum atomic E-state index is 12.7. The van der Waals surface area contributed by atoms with Crippen LogP contribution in [0.15, 0.2) is 53.5 Å². The molecule has 0 heterocycles. The number of benzene rings is 2. The topological polar surface area (TPSA) is 68.9 Å². The summed E-state index contributed by atoms with van der Waals surface area (Å²) >= 11 is 0. The van der Waals surface area contributed by atoms with E-state index in [1.807, 2.05) is 24.3 Å². The van der Waals surface area contributed by atoms with Crippen LogP contribution >= 0.6 is 0 Å². The molecule has 0 aliphatic rings. The van der Waals surface area contributed by atoms with Gasteiger partial charge in [0.05, 0.1) is 13.7 Å². The van der Waals surface area contributed by atoms with Crippen molar-refractivity contribution >= 4 is 11.6 Å². The van der Waals surface area contributed by atoms with Gasteiger partial charge in [-0.1, -0.05) is 0 Å². The Balaban J connectivity index is 1.68. The largest absolute Gasteiger partial charge is 0.497 e. The van der Waals surface area contributed by atoms with Crippen LogP contribution in [0.5, 0.6) is 11.5 Å². The van der Waals surface area contributed by atoms with Crippen molar-refractivity contribution in [3.63, 3.8) is 0 Å². The third-order valence-electron chi connectivity index (χ3n) is 3.03. The Bertz CT molecular complexity index is 627. The SMILES string of the molecule is COc1ccc(NC(N)=NCCCOc2ccc(F)cc2)cc1. The summed E-state index contributed by atoms with van der Waals surface area (Å²) in [7, 11) is 1.62. The molecule has 122 valence electrons. The molecule has 0 amide bonds. The minimum Gasteiger partial charge on any atom is -0.497 e. The number of halogens is 1. The number of ether oxygens (including phenoxy) is 2. The zero-order chi connectivity index (χ0) is 16.5. The Morgan fingerprint density at radius 3 is 2.39 bits per heavy atom. The van der Waals surface area contributed by atoms with Crippen LogP contribution in [0, 0.1) is 5.82 Å². The fourth-order valence-electron chi connectivity index (χ4n) is 1.85. The number of guanidine groups is 1. The number of methoxy groups -OCH3 is 1. The highest BCUT2D eigenvalue weighted by molar-refractivity contribution is 5.92. The van der Waals surface area contributed by atoms with E-state index >= 15 is 0 Å². The van der Waals surface area contributed by atoms with Crippen molar-refractivity contribution < 1.29 is 13.9 Å². The minimum atomic E-state index is -0.278. The number of aliphatic imine (C=N–C) groups is 1. The van der Waals surface area contributed by atoms with Crippen molar-refractivity contribution in [2.45, 2.75) is 6.42 Å². The molecule has 2 aromatic carbocycles. The van der Waals surface area contributed by atoms with Crippen LogP contribution in [0.1, 0.15) is 6.42 Å². The second-order valence-corrected chi connectivity index (χ2v) is 4.78. The van der Waals surface area contributed by atoms with Crippen LogP contribution in [0.2, 0.25) is 0 Å². The summed E-state index contributed by atoms with van der Waals surface area (Å²) in [5.41, 5.74) is 6.65. The van der Waals surface area contributed by atoms with Gasteiger partial charge in [0.15, 0.2) is 5.96 Å². The highest BCUT2D eigenvalue weighted by Gasteiger charge is 1.97. The Morgan fingerprint density at radius 1 is 1.09 bits per heavy atom. The summed E-state index contributed by atoms with van der Waals surface area (Å²) in [4.78, 5) is 4.22. The Morgan fingerprint density at radius 2 is 1.74 bits per heavy atom. The molecular formula is C17H20FN3O2. The predicted molar refractivity (Wildman–Crippen MR) is 89.6 cm³/mol. The zero-order valence-corrected chi connectivity index (χ0v) is 13.0. The van der Waals surface area contributed by atoms with Crippen molar-refractivity contribution in [1.82, 2.24) is 0 Å². The maximum absolute atomic E-state index is 12.7. The van der Waals surface area contributed by atoms with Gasteiger partial charge in [-0.3, -0.25) is 4.99 Å². The number of nitrogens with two attached hydrogens (primary N) is 1. The molecule has 23 heavy (non-hydrogen) atoms. The number of hydrogen-bond acceptors (Lipinski definition) is 3. The van der Waals surface area contributed by atoms with Gasteiger partial charge in [0.25, 0.3) is 0 Å². The molecule has 0 fully saturated rings. The van der Waals surface area contributed by atoms with E-state index in [9.17, 15) is 4.39 Å². The Kier molecular flexibility index (Phi) is 6.23. The summed E-state index contributed by atoms with van der Waals surface area (Å²) in [5.74, 6) is 1.49. The van der Waals surface area contributed by atoms with Gasteiger partial charge < -0.3 is 20.5 Å². The third-order valence-corrected chi connectivity index (χ3v) is 3.03. The molecule has 3 N–H and O–H groups in total. The van der Waals surface area contributed by atoms with Crippen LogP contribution < -0.4 is 20.5 Å². The quantitative estimate of drug-likeness (QED) is 0.468. The van der Waals surface area contributed by atoms with Crippen molar-refractivity contribution in [3.8, 4) is 11.5 Å². The standard InChI is InChI=1S/C17H20FN3O2/c1-22-15-9-5-14(6-10-15)21-17(19)20-11-2-12-23-16-7-3-13(18)4-8-16/h3-10H,2,11-12H2,1H3,(H3,19,20,21). The highest BCUT2D eigenvalue weighted by Crippen LogP contribution is 2.14. The molecule has 0 saturated carbocycles. The summed E-state index contributed by atoms with van der Waals surface area (Å²) in [6.45, 7) is 1.03. The first-order valence-electron chi connectivity index (χ1n) is 7.27. The van der Waals surface area contributed by atoms with E-state index in [0.717, 1.165) is 11.4 Å². The lowest BCUT2D eigenvalue weighted by Crippen LogP contribution is -2.23.